The lowest BCUT2D eigenvalue weighted by molar-refractivity contribution is -0.385. The average molecular weight is 554 g/mol. The van der Waals surface area contributed by atoms with Crippen LogP contribution < -0.4 is 0 Å². The van der Waals surface area contributed by atoms with Gasteiger partial charge in [0.1, 0.15) is 0 Å². The molecule has 8 heteroatoms. The van der Waals surface area contributed by atoms with Crippen molar-refractivity contribution in [2.75, 3.05) is 0 Å². The van der Waals surface area contributed by atoms with Gasteiger partial charge in [0.05, 0.1) is 29.9 Å². The lowest BCUT2D eigenvalue weighted by Gasteiger charge is -2.15. The van der Waals surface area contributed by atoms with Gasteiger partial charge in [-0.3, -0.25) is 20.2 Å². The second-order valence-electron chi connectivity index (χ2n) is 6.88. The van der Waals surface area contributed by atoms with Gasteiger partial charge in [-0.25, -0.2) is 0 Å². The second kappa shape index (κ2) is 9.02. The minimum Gasteiger partial charge on any atom is -0.258 e. The lowest BCUT2D eigenvalue weighted by atomic mass is 9.88. The Balaban J connectivity index is 2.02. The van der Waals surface area contributed by atoms with Gasteiger partial charge in [-0.2, -0.15) is 0 Å². The SMILES string of the molecule is O=[N+]([O-])c1c(Br)cccc1-c1ccccc1-c1ccccc1-c1cccc(Br)c1[N+](=O)[O-]. The highest BCUT2D eigenvalue weighted by Gasteiger charge is 2.25. The first-order valence-corrected chi connectivity index (χ1v) is 11.0. The van der Waals surface area contributed by atoms with Crippen molar-refractivity contribution in [1.29, 1.82) is 0 Å². The highest BCUT2D eigenvalue weighted by molar-refractivity contribution is 9.11. The normalized spacial score (nSPS) is 10.7. The van der Waals surface area contributed by atoms with E-state index in [1.165, 1.54) is 0 Å². The number of halogens is 2. The van der Waals surface area contributed by atoms with E-state index in [0.29, 0.717) is 31.2 Å². The molecule has 0 unspecified atom stereocenters. The Morgan fingerprint density at radius 3 is 1.06 bits per heavy atom. The Morgan fingerprint density at radius 1 is 0.469 bits per heavy atom. The monoisotopic (exact) mass is 552 g/mol. The number of nitro benzene ring substituents is 2. The fourth-order valence-electron chi connectivity index (χ4n) is 3.74. The molecule has 158 valence electrons. The number of rotatable bonds is 5. The number of hydrogen-bond donors (Lipinski definition) is 0. The Bertz CT molecular complexity index is 1270. The maximum atomic E-state index is 11.8. The Kier molecular flexibility index (Phi) is 6.16. The predicted octanol–water partition coefficient (Wildman–Crippen LogP) is 8.03. The van der Waals surface area contributed by atoms with Gasteiger partial charge in [0, 0.05) is 0 Å². The molecular formula is C24H14Br2N2O4. The van der Waals surface area contributed by atoms with Crippen LogP contribution in [0.25, 0.3) is 33.4 Å². The van der Waals surface area contributed by atoms with Crippen LogP contribution in [0.3, 0.4) is 0 Å². The molecule has 0 aliphatic carbocycles. The minimum atomic E-state index is -0.415. The van der Waals surface area contributed by atoms with Crippen molar-refractivity contribution in [2.24, 2.45) is 0 Å². The molecule has 0 aliphatic rings. The van der Waals surface area contributed by atoms with Crippen LogP contribution in [0.2, 0.25) is 0 Å². The lowest BCUT2D eigenvalue weighted by Crippen LogP contribution is -1.97. The van der Waals surface area contributed by atoms with E-state index in [9.17, 15) is 20.2 Å². The van der Waals surface area contributed by atoms with Crippen LogP contribution >= 0.6 is 31.9 Å². The van der Waals surface area contributed by atoms with Crippen molar-refractivity contribution in [3.8, 4) is 33.4 Å². The fourth-order valence-corrected chi connectivity index (χ4v) is 4.76. The van der Waals surface area contributed by atoms with Gasteiger partial charge in [-0.15, -0.1) is 0 Å². The number of hydrogen-bond acceptors (Lipinski definition) is 4. The van der Waals surface area contributed by atoms with Gasteiger partial charge in [0.15, 0.2) is 0 Å². The van der Waals surface area contributed by atoms with Crippen LogP contribution in [0, 0.1) is 20.2 Å². The van der Waals surface area contributed by atoms with Gasteiger partial charge in [0.25, 0.3) is 11.4 Å². The molecule has 0 amide bonds. The van der Waals surface area contributed by atoms with Gasteiger partial charge >= 0.3 is 0 Å². The van der Waals surface area contributed by atoms with Gasteiger partial charge in [0.2, 0.25) is 0 Å². The summed E-state index contributed by atoms with van der Waals surface area (Å²) in [5, 5.41) is 23.6. The molecular weight excluding hydrogens is 540 g/mol. The van der Waals surface area contributed by atoms with Crippen LogP contribution in [0.4, 0.5) is 11.4 Å². The van der Waals surface area contributed by atoms with Crippen molar-refractivity contribution in [3.05, 3.63) is 114 Å². The van der Waals surface area contributed by atoms with E-state index in [4.69, 9.17) is 0 Å². The molecule has 0 N–H and O–H groups in total. The predicted molar refractivity (Wildman–Crippen MR) is 131 cm³/mol. The second-order valence-corrected chi connectivity index (χ2v) is 8.59. The molecule has 0 spiro atoms. The summed E-state index contributed by atoms with van der Waals surface area (Å²) in [4.78, 5) is 22.8. The zero-order valence-electron chi connectivity index (χ0n) is 16.4. The number of benzene rings is 4. The molecule has 0 saturated carbocycles. The smallest absolute Gasteiger partial charge is 0.258 e. The summed E-state index contributed by atoms with van der Waals surface area (Å²) in [5.41, 5.74) is 3.63. The Labute approximate surface area is 200 Å². The standard InChI is InChI=1S/C24H14Br2N2O4/c25-21-13-5-11-19(23(21)27(29)30)17-9-3-1-7-15(17)16-8-2-4-10-18(16)20-12-6-14-22(26)24(20)28(31)32/h1-14H. The van der Waals surface area contributed by atoms with E-state index in [-0.39, 0.29) is 11.4 Å². The topological polar surface area (TPSA) is 86.3 Å². The van der Waals surface area contributed by atoms with Crippen molar-refractivity contribution in [2.45, 2.75) is 0 Å². The van der Waals surface area contributed by atoms with Crippen LogP contribution in [0.1, 0.15) is 0 Å². The average Bonchev–Trinajstić information content (AvgIpc) is 2.78. The van der Waals surface area contributed by atoms with E-state index in [1.807, 2.05) is 48.5 Å². The first-order chi connectivity index (χ1) is 15.4. The quantitative estimate of drug-likeness (QED) is 0.185. The van der Waals surface area contributed by atoms with E-state index in [2.05, 4.69) is 31.9 Å². The largest absolute Gasteiger partial charge is 0.291 e. The van der Waals surface area contributed by atoms with E-state index in [1.54, 1.807) is 36.4 Å². The van der Waals surface area contributed by atoms with E-state index < -0.39 is 9.85 Å². The van der Waals surface area contributed by atoms with Crippen molar-refractivity contribution in [1.82, 2.24) is 0 Å². The third-order valence-corrected chi connectivity index (χ3v) is 6.34. The maximum Gasteiger partial charge on any atom is 0.291 e. The first-order valence-electron chi connectivity index (χ1n) is 9.45. The molecule has 4 aromatic rings. The van der Waals surface area contributed by atoms with E-state index >= 15 is 0 Å². The van der Waals surface area contributed by atoms with Crippen molar-refractivity contribution in [3.63, 3.8) is 0 Å². The molecule has 0 aromatic heterocycles. The Hall–Kier alpha value is -3.36. The molecule has 32 heavy (non-hydrogen) atoms. The highest BCUT2D eigenvalue weighted by atomic mass is 79.9. The zero-order valence-corrected chi connectivity index (χ0v) is 19.5. The number of nitrogens with zero attached hydrogens (tertiary/aromatic N) is 2. The summed E-state index contributed by atoms with van der Waals surface area (Å²) in [6.07, 6.45) is 0. The molecule has 0 radical (unpaired) electrons. The zero-order chi connectivity index (χ0) is 22.8. The van der Waals surface area contributed by atoms with E-state index in [0.717, 1.165) is 11.1 Å². The Morgan fingerprint density at radius 2 is 0.750 bits per heavy atom. The molecule has 0 saturated heterocycles. The third-order valence-electron chi connectivity index (χ3n) is 5.06. The molecule has 4 aromatic carbocycles. The van der Waals surface area contributed by atoms with Gasteiger partial charge in [-0.05, 0) is 78.4 Å². The van der Waals surface area contributed by atoms with Crippen molar-refractivity contribution >= 4 is 43.2 Å². The molecule has 0 heterocycles. The molecule has 0 aliphatic heterocycles. The summed E-state index contributed by atoms with van der Waals surface area (Å²) in [5.74, 6) is 0. The van der Waals surface area contributed by atoms with Crippen LogP contribution in [0.15, 0.2) is 93.9 Å². The molecule has 6 nitrogen and oxygen atoms in total. The van der Waals surface area contributed by atoms with Crippen LogP contribution in [-0.2, 0) is 0 Å². The summed E-state index contributed by atoms with van der Waals surface area (Å²) >= 11 is 6.58. The summed E-state index contributed by atoms with van der Waals surface area (Å²) in [7, 11) is 0. The summed E-state index contributed by atoms with van der Waals surface area (Å²) in [6.45, 7) is 0. The fraction of sp³-hybridized carbons (Fsp3) is 0. The minimum absolute atomic E-state index is 0.0362. The van der Waals surface area contributed by atoms with Crippen LogP contribution in [0.5, 0.6) is 0 Å². The molecule has 0 atom stereocenters. The van der Waals surface area contributed by atoms with Gasteiger partial charge in [-0.1, -0.05) is 60.7 Å². The third kappa shape index (κ3) is 3.94. The molecule has 0 bridgehead atoms. The molecule has 4 rings (SSSR count). The number of para-hydroxylation sites is 2. The maximum absolute atomic E-state index is 11.8. The van der Waals surface area contributed by atoms with Crippen molar-refractivity contribution < 1.29 is 9.85 Å². The summed E-state index contributed by atoms with van der Waals surface area (Å²) < 4.78 is 0.761. The molecule has 0 fully saturated rings. The van der Waals surface area contributed by atoms with Gasteiger partial charge < -0.3 is 0 Å². The first kappa shape index (κ1) is 21.9. The number of nitro groups is 2. The highest BCUT2D eigenvalue weighted by Crippen LogP contribution is 2.45. The summed E-state index contributed by atoms with van der Waals surface area (Å²) in [6, 6.07) is 24.8. The van der Waals surface area contributed by atoms with Crippen LogP contribution in [-0.4, -0.2) is 9.85 Å².